The van der Waals surface area contributed by atoms with Crippen LogP contribution in [0.25, 0.3) is 0 Å². The third-order valence-corrected chi connectivity index (χ3v) is 3.00. The molecule has 1 aromatic carbocycles. The smallest absolute Gasteiger partial charge is 0.358 e. The van der Waals surface area contributed by atoms with E-state index in [9.17, 15) is 9.90 Å². The monoisotopic (exact) mass is 291 g/mol. The van der Waals surface area contributed by atoms with Crippen LogP contribution in [0.15, 0.2) is 36.4 Å². The van der Waals surface area contributed by atoms with Gasteiger partial charge in [0.1, 0.15) is 0 Å². The van der Waals surface area contributed by atoms with Gasteiger partial charge in [-0.25, -0.2) is 9.48 Å². The standard InChI is InChI=1S/C14H14ClN3O2/c1-9(2)8-18-12(13(14(19)20)16-17-18)7-10-3-5-11(15)6-4-10/h3-6H,1,7-8H2,2H3,(H,19,20). The maximum Gasteiger partial charge on any atom is 0.358 e. The number of allylic oxidation sites excluding steroid dienone is 1. The van der Waals surface area contributed by atoms with E-state index in [1.165, 1.54) is 0 Å². The van der Waals surface area contributed by atoms with E-state index in [0.29, 0.717) is 23.7 Å². The van der Waals surface area contributed by atoms with Gasteiger partial charge in [0.05, 0.1) is 12.2 Å². The molecule has 0 atom stereocenters. The average molecular weight is 292 g/mol. The lowest BCUT2D eigenvalue weighted by Gasteiger charge is -2.07. The molecule has 1 aromatic heterocycles. The molecule has 104 valence electrons. The Hall–Kier alpha value is -2.14. The molecule has 1 heterocycles. The molecule has 0 aliphatic carbocycles. The van der Waals surface area contributed by atoms with Gasteiger partial charge in [-0.3, -0.25) is 0 Å². The summed E-state index contributed by atoms with van der Waals surface area (Å²) in [6.07, 6.45) is 0.430. The lowest BCUT2D eigenvalue weighted by atomic mass is 10.1. The summed E-state index contributed by atoms with van der Waals surface area (Å²) in [7, 11) is 0. The Kier molecular flexibility index (Phi) is 4.20. The molecule has 0 amide bonds. The van der Waals surface area contributed by atoms with Gasteiger partial charge in [0, 0.05) is 11.4 Å². The van der Waals surface area contributed by atoms with Gasteiger partial charge in [-0.1, -0.05) is 41.1 Å². The first kappa shape index (κ1) is 14.3. The fraction of sp³-hybridized carbons (Fsp3) is 0.214. The van der Waals surface area contributed by atoms with Gasteiger partial charge in [0.2, 0.25) is 0 Å². The number of aromatic carboxylic acids is 1. The second-order valence-electron chi connectivity index (χ2n) is 4.61. The van der Waals surface area contributed by atoms with Crippen LogP contribution < -0.4 is 0 Å². The number of nitrogens with zero attached hydrogens (tertiary/aromatic N) is 3. The van der Waals surface area contributed by atoms with Crippen LogP contribution >= 0.6 is 11.6 Å². The fourth-order valence-corrected chi connectivity index (χ4v) is 1.98. The Labute approximate surface area is 121 Å². The molecule has 1 N–H and O–H groups in total. The first-order chi connectivity index (χ1) is 9.47. The zero-order valence-electron chi connectivity index (χ0n) is 11.0. The van der Waals surface area contributed by atoms with Gasteiger partial charge in [-0.05, 0) is 24.6 Å². The van der Waals surface area contributed by atoms with Crippen molar-refractivity contribution < 1.29 is 9.90 Å². The highest BCUT2D eigenvalue weighted by Gasteiger charge is 2.19. The van der Waals surface area contributed by atoms with Crippen molar-refractivity contribution in [3.8, 4) is 0 Å². The number of rotatable bonds is 5. The third kappa shape index (κ3) is 3.24. The molecule has 0 spiro atoms. The van der Waals surface area contributed by atoms with Crippen molar-refractivity contribution in [2.24, 2.45) is 0 Å². The number of halogens is 1. The van der Waals surface area contributed by atoms with Crippen LogP contribution in [0, 0.1) is 0 Å². The van der Waals surface area contributed by atoms with Crippen molar-refractivity contribution in [2.75, 3.05) is 0 Å². The van der Waals surface area contributed by atoms with Crippen LogP contribution in [-0.4, -0.2) is 26.1 Å². The lowest BCUT2D eigenvalue weighted by molar-refractivity contribution is 0.0689. The van der Waals surface area contributed by atoms with E-state index >= 15 is 0 Å². The molecule has 0 aliphatic heterocycles. The highest BCUT2D eigenvalue weighted by molar-refractivity contribution is 6.30. The summed E-state index contributed by atoms with van der Waals surface area (Å²) in [5.74, 6) is -1.08. The minimum absolute atomic E-state index is 0.0267. The number of hydrogen-bond donors (Lipinski definition) is 1. The number of carboxylic acid groups (broad SMARTS) is 1. The maximum absolute atomic E-state index is 11.2. The topological polar surface area (TPSA) is 68.0 Å². The average Bonchev–Trinajstić information content (AvgIpc) is 2.74. The molecule has 5 nitrogen and oxygen atoms in total. The number of benzene rings is 1. The van der Waals surface area contributed by atoms with E-state index in [0.717, 1.165) is 11.1 Å². The van der Waals surface area contributed by atoms with Crippen LogP contribution in [0.1, 0.15) is 28.7 Å². The van der Waals surface area contributed by atoms with E-state index in [4.69, 9.17) is 11.6 Å². The molecule has 0 bridgehead atoms. The van der Waals surface area contributed by atoms with E-state index in [2.05, 4.69) is 16.9 Å². The van der Waals surface area contributed by atoms with Gasteiger partial charge in [0.25, 0.3) is 0 Å². The third-order valence-electron chi connectivity index (χ3n) is 2.74. The molecule has 2 rings (SSSR count). The molecule has 0 saturated carbocycles. The number of carbonyl (C=O) groups is 1. The first-order valence-electron chi connectivity index (χ1n) is 6.02. The van der Waals surface area contributed by atoms with Crippen LogP contribution in [0.3, 0.4) is 0 Å². The summed E-state index contributed by atoms with van der Waals surface area (Å²) in [6, 6.07) is 7.24. The quantitative estimate of drug-likeness (QED) is 0.860. The number of carboxylic acids is 1. The zero-order valence-corrected chi connectivity index (χ0v) is 11.8. The van der Waals surface area contributed by atoms with Crippen molar-refractivity contribution >= 4 is 17.6 Å². The predicted molar refractivity (Wildman–Crippen MR) is 76.1 cm³/mol. The molecular formula is C14H14ClN3O2. The van der Waals surface area contributed by atoms with E-state index in [1.54, 1.807) is 16.8 Å². The SMILES string of the molecule is C=C(C)Cn1nnc(C(=O)O)c1Cc1ccc(Cl)cc1. The molecule has 20 heavy (non-hydrogen) atoms. The Bertz CT molecular complexity index is 647. The van der Waals surface area contributed by atoms with E-state index in [-0.39, 0.29) is 5.69 Å². The first-order valence-corrected chi connectivity index (χ1v) is 6.39. The molecular weight excluding hydrogens is 278 g/mol. The van der Waals surface area contributed by atoms with Crippen LogP contribution in [-0.2, 0) is 13.0 Å². The Morgan fingerprint density at radius 3 is 2.60 bits per heavy atom. The van der Waals surface area contributed by atoms with E-state index in [1.807, 2.05) is 19.1 Å². The largest absolute Gasteiger partial charge is 0.476 e. The minimum atomic E-state index is -1.08. The second-order valence-corrected chi connectivity index (χ2v) is 5.04. The Morgan fingerprint density at radius 2 is 2.05 bits per heavy atom. The maximum atomic E-state index is 11.2. The molecule has 6 heteroatoms. The molecule has 0 fully saturated rings. The molecule has 0 unspecified atom stereocenters. The number of aromatic nitrogens is 3. The van der Waals surface area contributed by atoms with Crippen molar-refractivity contribution in [1.82, 2.24) is 15.0 Å². The summed E-state index contributed by atoms with van der Waals surface area (Å²) < 4.78 is 1.57. The second kappa shape index (κ2) is 5.88. The van der Waals surface area contributed by atoms with Gasteiger partial charge in [0.15, 0.2) is 5.69 Å². The van der Waals surface area contributed by atoms with Crippen molar-refractivity contribution in [3.05, 3.63) is 58.4 Å². The summed E-state index contributed by atoms with van der Waals surface area (Å²) in [5, 5.41) is 17.4. The summed E-state index contributed by atoms with van der Waals surface area (Å²) in [4.78, 5) is 11.2. The normalized spacial score (nSPS) is 10.5. The molecule has 0 radical (unpaired) electrons. The Morgan fingerprint density at radius 1 is 1.40 bits per heavy atom. The summed E-state index contributed by atoms with van der Waals surface area (Å²) >= 11 is 5.84. The molecule has 0 saturated heterocycles. The predicted octanol–water partition coefficient (Wildman–Crippen LogP) is 2.80. The van der Waals surface area contributed by atoms with Gasteiger partial charge in [-0.2, -0.15) is 0 Å². The Balaban J connectivity index is 2.36. The minimum Gasteiger partial charge on any atom is -0.476 e. The number of hydrogen-bond acceptors (Lipinski definition) is 3. The summed E-state index contributed by atoms with van der Waals surface area (Å²) in [6.45, 7) is 6.11. The highest BCUT2D eigenvalue weighted by Crippen LogP contribution is 2.16. The van der Waals surface area contributed by atoms with Gasteiger partial charge in [-0.15, -0.1) is 5.10 Å². The summed E-state index contributed by atoms with van der Waals surface area (Å²) in [5.41, 5.74) is 2.36. The molecule has 2 aromatic rings. The van der Waals surface area contributed by atoms with E-state index < -0.39 is 5.97 Å². The van der Waals surface area contributed by atoms with Crippen LogP contribution in [0.5, 0.6) is 0 Å². The molecule has 0 aliphatic rings. The van der Waals surface area contributed by atoms with Gasteiger partial charge < -0.3 is 5.11 Å². The van der Waals surface area contributed by atoms with Crippen LogP contribution in [0.2, 0.25) is 5.02 Å². The van der Waals surface area contributed by atoms with Crippen LogP contribution in [0.4, 0.5) is 0 Å². The fourth-order valence-electron chi connectivity index (χ4n) is 1.85. The van der Waals surface area contributed by atoms with Gasteiger partial charge >= 0.3 is 5.97 Å². The van der Waals surface area contributed by atoms with Crippen molar-refractivity contribution in [2.45, 2.75) is 19.9 Å². The van der Waals surface area contributed by atoms with Crippen molar-refractivity contribution in [1.29, 1.82) is 0 Å². The lowest BCUT2D eigenvalue weighted by Crippen LogP contribution is -2.09. The van der Waals surface area contributed by atoms with Crippen molar-refractivity contribution in [3.63, 3.8) is 0 Å². The zero-order chi connectivity index (χ0) is 14.7. The highest BCUT2D eigenvalue weighted by atomic mass is 35.5.